The lowest BCUT2D eigenvalue weighted by Crippen LogP contribution is -2.05. The second kappa shape index (κ2) is 6.57. The number of halogens is 2. The molecule has 2 N–H and O–H groups in total. The number of aromatic nitrogens is 2. The minimum Gasteiger partial charge on any atom is -0.503 e. The zero-order chi connectivity index (χ0) is 20.3. The Bertz CT molecular complexity index is 1280. The van der Waals surface area contributed by atoms with E-state index in [1.807, 2.05) is 0 Å². The Kier molecular flexibility index (Phi) is 4.11. The van der Waals surface area contributed by atoms with Gasteiger partial charge in [-0.2, -0.15) is 0 Å². The molecule has 5 nitrogen and oxygen atoms in total. The van der Waals surface area contributed by atoms with Gasteiger partial charge in [0.15, 0.2) is 16.7 Å². The fraction of sp³-hybridized carbons (Fsp3) is 0.143. The van der Waals surface area contributed by atoms with E-state index >= 15 is 0 Å². The summed E-state index contributed by atoms with van der Waals surface area (Å²) in [6.45, 7) is 0. The van der Waals surface area contributed by atoms with Crippen LogP contribution in [0.3, 0.4) is 0 Å². The molecule has 8 heteroatoms. The summed E-state index contributed by atoms with van der Waals surface area (Å²) in [6.07, 6.45) is 1.49. The van der Waals surface area contributed by atoms with Gasteiger partial charge in [-0.25, -0.2) is 9.37 Å². The second-order valence-corrected chi connectivity index (χ2v) is 8.43. The molecule has 29 heavy (non-hydrogen) atoms. The Morgan fingerprint density at radius 1 is 1.17 bits per heavy atom. The summed E-state index contributed by atoms with van der Waals surface area (Å²) < 4.78 is 15.6. The van der Waals surface area contributed by atoms with Gasteiger partial charge in [0.25, 0.3) is 0 Å². The number of nitrogens with zero attached hydrogens (tertiary/aromatic N) is 2. The molecule has 1 saturated carbocycles. The number of rotatable bonds is 4. The van der Waals surface area contributed by atoms with E-state index in [0.717, 1.165) is 17.5 Å². The maximum atomic E-state index is 13.5. The highest BCUT2D eigenvalue weighted by Gasteiger charge is 2.38. The van der Waals surface area contributed by atoms with Crippen LogP contribution in [0.15, 0.2) is 42.5 Å². The highest BCUT2D eigenvalue weighted by molar-refractivity contribution is 7.20. The number of carbonyl (C=O) groups excluding carboxylic acids is 1. The molecule has 0 atom stereocenters. The smallest absolute Gasteiger partial charge is 0.242 e. The molecule has 1 aliphatic carbocycles. The molecule has 0 aliphatic heterocycles. The first-order valence-electron chi connectivity index (χ1n) is 8.97. The molecule has 0 amide bonds. The van der Waals surface area contributed by atoms with Crippen LogP contribution in [0.2, 0.25) is 5.02 Å². The fourth-order valence-corrected chi connectivity index (χ4v) is 4.63. The number of thiazole rings is 1. The van der Waals surface area contributed by atoms with Gasteiger partial charge in [0, 0.05) is 10.9 Å². The van der Waals surface area contributed by atoms with Crippen molar-refractivity contribution in [3.8, 4) is 28.0 Å². The number of ketones is 1. The van der Waals surface area contributed by atoms with Crippen LogP contribution in [-0.2, 0) is 0 Å². The predicted molar refractivity (Wildman–Crippen MR) is 110 cm³/mol. The molecule has 2 aromatic heterocycles. The lowest BCUT2D eigenvalue weighted by molar-refractivity contribution is 0.0965. The molecule has 0 radical (unpaired) electrons. The van der Waals surface area contributed by atoms with Gasteiger partial charge in [-0.3, -0.25) is 9.36 Å². The fourth-order valence-electron chi connectivity index (χ4n) is 3.38. The lowest BCUT2D eigenvalue weighted by Gasteiger charge is -2.09. The molecule has 0 bridgehead atoms. The number of aromatic hydroxyl groups is 2. The van der Waals surface area contributed by atoms with Crippen LogP contribution < -0.4 is 0 Å². The van der Waals surface area contributed by atoms with Crippen LogP contribution in [0.5, 0.6) is 11.6 Å². The van der Waals surface area contributed by atoms with Crippen molar-refractivity contribution in [1.82, 2.24) is 9.55 Å². The van der Waals surface area contributed by atoms with Crippen LogP contribution in [0.1, 0.15) is 23.2 Å². The first kappa shape index (κ1) is 18.1. The summed E-state index contributed by atoms with van der Waals surface area (Å²) in [7, 11) is 0. The van der Waals surface area contributed by atoms with Crippen molar-refractivity contribution in [2.24, 2.45) is 5.92 Å². The van der Waals surface area contributed by atoms with E-state index < -0.39 is 17.4 Å². The topological polar surface area (TPSA) is 75.3 Å². The van der Waals surface area contributed by atoms with Crippen molar-refractivity contribution in [1.29, 1.82) is 0 Å². The molecule has 2 aromatic carbocycles. The number of carbonyl (C=O) groups is 1. The standard InChI is InChI=1S/C21H14ClFN2O3S/c22-12-5-8-14-15(9-12)29-21(24-14)25-17(10-3-6-13(23)7-4-10)16(19(27)20(25)28)18(26)11-1-2-11/h3-9,11,27-28H,1-2H2. The average Bonchev–Trinajstić information content (AvgIpc) is 3.42. The van der Waals surface area contributed by atoms with E-state index in [2.05, 4.69) is 4.98 Å². The summed E-state index contributed by atoms with van der Waals surface area (Å²) in [5, 5.41) is 22.3. The van der Waals surface area contributed by atoms with E-state index in [0.29, 0.717) is 26.9 Å². The van der Waals surface area contributed by atoms with Crippen molar-refractivity contribution >= 4 is 38.9 Å². The van der Waals surface area contributed by atoms with Crippen molar-refractivity contribution in [2.75, 3.05) is 0 Å². The maximum Gasteiger partial charge on any atom is 0.242 e. The average molecular weight is 429 g/mol. The minimum absolute atomic E-state index is 0.0360. The number of fused-ring (bicyclic) bond motifs is 1. The van der Waals surface area contributed by atoms with Gasteiger partial charge < -0.3 is 10.2 Å². The van der Waals surface area contributed by atoms with Crippen molar-refractivity contribution in [2.45, 2.75) is 12.8 Å². The quantitative estimate of drug-likeness (QED) is 0.418. The lowest BCUT2D eigenvalue weighted by atomic mass is 10.0. The maximum absolute atomic E-state index is 13.5. The number of hydrogen-bond donors (Lipinski definition) is 2. The normalized spacial score (nSPS) is 13.9. The number of Topliss-reactive ketones (excluding diaryl/α,β-unsaturated/α-hetero) is 1. The van der Waals surface area contributed by atoms with Crippen LogP contribution in [0.4, 0.5) is 4.39 Å². The van der Waals surface area contributed by atoms with Gasteiger partial charge in [0.05, 0.1) is 21.5 Å². The van der Waals surface area contributed by atoms with Crippen LogP contribution in [0.25, 0.3) is 26.6 Å². The predicted octanol–water partition coefficient (Wildman–Crippen LogP) is 5.55. The largest absolute Gasteiger partial charge is 0.503 e. The second-order valence-electron chi connectivity index (χ2n) is 6.99. The molecular weight excluding hydrogens is 415 g/mol. The summed E-state index contributed by atoms with van der Waals surface area (Å²) in [5.41, 5.74) is 1.49. The Hall–Kier alpha value is -2.90. The molecule has 0 unspecified atom stereocenters. The van der Waals surface area contributed by atoms with Gasteiger partial charge in [-0.15, -0.1) is 0 Å². The Morgan fingerprint density at radius 2 is 1.90 bits per heavy atom. The summed E-state index contributed by atoms with van der Waals surface area (Å²) in [5.74, 6) is -1.80. The highest BCUT2D eigenvalue weighted by Crippen LogP contribution is 2.47. The van der Waals surface area contributed by atoms with Gasteiger partial charge in [0.2, 0.25) is 5.88 Å². The molecule has 2 heterocycles. The third-order valence-electron chi connectivity index (χ3n) is 4.96. The van der Waals surface area contributed by atoms with E-state index in [1.54, 1.807) is 18.2 Å². The molecule has 4 aromatic rings. The molecular formula is C21H14ClFN2O3S. The molecule has 0 spiro atoms. The third kappa shape index (κ3) is 2.97. The third-order valence-corrected chi connectivity index (χ3v) is 6.20. The minimum atomic E-state index is -0.487. The molecule has 1 fully saturated rings. The molecule has 0 saturated heterocycles. The zero-order valence-corrected chi connectivity index (χ0v) is 16.5. The number of benzene rings is 2. The van der Waals surface area contributed by atoms with Gasteiger partial charge in [-0.05, 0) is 60.9 Å². The van der Waals surface area contributed by atoms with Crippen molar-refractivity contribution in [3.63, 3.8) is 0 Å². The Balaban J connectivity index is 1.80. The zero-order valence-electron chi connectivity index (χ0n) is 14.9. The van der Waals surface area contributed by atoms with E-state index in [1.165, 1.54) is 40.2 Å². The Labute approximate surface area is 173 Å². The van der Waals surface area contributed by atoms with Gasteiger partial charge in [-0.1, -0.05) is 22.9 Å². The highest BCUT2D eigenvalue weighted by atomic mass is 35.5. The van der Waals surface area contributed by atoms with Crippen molar-refractivity contribution < 1.29 is 19.4 Å². The van der Waals surface area contributed by atoms with Crippen LogP contribution in [-0.4, -0.2) is 25.5 Å². The molecule has 1 aliphatic rings. The molecule has 146 valence electrons. The molecule has 5 rings (SSSR count). The van der Waals surface area contributed by atoms with E-state index in [4.69, 9.17) is 11.6 Å². The van der Waals surface area contributed by atoms with Crippen LogP contribution >= 0.6 is 22.9 Å². The summed E-state index contributed by atoms with van der Waals surface area (Å²) >= 11 is 7.32. The van der Waals surface area contributed by atoms with E-state index in [-0.39, 0.29) is 17.3 Å². The monoisotopic (exact) mass is 428 g/mol. The van der Waals surface area contributed by atoms with Gasteiger partial charge in [0.1, 0.15) is 5.82 Å². The summed E-state index contributed by atoms with van der Waals surface area (Å²) in [6, 6.07) is 10.8. The Morgan fingerprint density at radius 3 is 2.59 bits per heavy atom. The van der Waals surface area contributed by atoms with E-state index in [9.17, 15) is 19.4 Å². The first-order chi connectivity index (χ1) is 13.9. The van der Waals surface area contributed by atoms with Crippen molar-refractivity contribution in [3.05, 3.63) is 58.9 Å². The number of hydrogen-bond acceptors (Lipinski definition) is 5. The first-order valence-corrected chi connectivity index (χ1v) is 10.2. The summed E-state index contributed by atoms with van der Waals surface area (Å²) in [4.78, 5) is 17.4. The van der Waals surface area contributed by atoms with Gasteiger partial charge >= 0.3 is 0 Å². The van der Waals surface area contributed by atoms with Crippen LogP contribution in [0, 0.1) is 11.7 Å². The SMILES string of the molecule is O=C(c1c(O)c(O)n(-c2nc3ccc(Cl)cc3s2)c1-c1ccc(F)cc1)C1CC1.